The smallest absolute Gasteiger partial charge is 0.354 e. The Hall–Kier alpha value is -1.77. The maximum Gasteiger partial charge on any atom is 0.354 e. The van der Waals surface area contributed by atoms with Crippen molar-refractivity contribution in [1.29, 1.82) is 0 Å². The molecule has 1 aromatic rings. The van der Waals surface area contributed by atoms with Gasteiger partial charge in [-0.2, -0.15) is 0 Å². The topological polar surface area (TPSA) is 38.3 Å². The van der Waals surface area contributed by atoms with E-state index < -0.39 is 0 Å². The molecule has 1 N–H and O–H groups in total. The lowest BCUT2D eigenvalue weighted by molar-refractivity contribution is -0.138. The maximum atomic E-state index is 11.5. The van der Waals surface area contributed by atoms with E-state index >= 15 is 0 Å². The average molecular weight is 219 g/mol. The number of carbonyl (C=O) groups is 1. The summed E-state index contributed by atoms with van der Waals surface area (Å²) in [5, 5.41) is 3.07. The van der Waals surface area contributed by atoms with E-state index in [2.05, 4.69) is 5.32 Å². The van der Waals surface area contributed by atoms with Crippen molar-refractivity contribution in [2.24, 2.45) is 0 Å². The monoisotopic (exact) mass is 219 g/mol. The summed E-state index contributed by atoms with van der Waals surface area (Å²) >= 11 is 0. The van der Waals surface area contributed by atoms with Gasteiger partial charge < -0.3 is 10.1 Å². The number of nitrogens with one attached hydrogen (secondary N) is 1. The first-order chi connectivity index (χ1) is 7.69. The minimum Gasteiger partial charge on any atom is -0.461 e. The number of aryl methyl sites for hydroxylation is 1. The van der Waals surface area contributed by atoms with E-state index in [9.17, 15) is 4.79 Å². The van der Waals surface area contributed by atoms with Crippen molar-refractivity contribution in [3.8, 4) is 0 Å². The minimum atomic E-state index is -0.326. The Bertz CT molecular complexity index is 397. The number of ether oxygens (including phenoxy) is 1. The van der Waals surface area contributed by atoms with Gasteiger partial charge in [0.15, 0.2) is 0 Å². The molecule has 0 bridgehead atoms. The highest BCUT2D eigenvalue weighted by molar-refractivity contribution is 5.92. The second-order valence-electron chi connectivity index (χ2n) is 3.36. The van der Waals surface area contributed by atoms with Gasteiger partial charge in [0.2, 0.25) is 0 Å². The van der Waals surface area contributed by atoms with Gasteiger partial charge in [-0.05, 0) is 32.4 Å². The fourth-order valence-corrected chi connectivity index (χ4v) is 1.31. The number of allylic oxidation sites excluding steroid dienone is 1. The molecular weight excluding hydrogens is 202 g/mol. The number of anilines is 1. The van der Waals surface area contributed by atoms with Crippen LogP contribution in [-0.4, -0.2) is 12.6 Å². The highest BCUT2D eigenvalue weighted by Crippen LogP contribution is 2.16. The lowest BCUT2D eigenvalue weighted by Gasteiger charge is -2.11. The summed E-state index contributed by atoms with van der Waals surface area (Å²) in [6, 6.07) is 7.80. The van der Waals surface area contributed by atoms with Crippen LogP contribution in [0.25, 0.3) is 0 Å². The summed E-state index contributed by atoms with van der Waals surface area (Å²) in [6.07, 6.45) is 1.71. The Morgan fingerprint density at radius 2 is 2.12 bits per heavy atom. The SMILES string of the molecule is CC=C(Nc1ccccc1C)C(=O)OCC. The highest BCUT2D eigenvalue weighted by atomic mass is 16.5. The number of carbonyl (C=O) groups excluding carboxylic acids is 1. The molecule has 0 spiro atoms. The average Bonchev–Trinajstić information content (AvgIpc) is 2.28. The first kappa shape index (κ1) is 12.3. The molecule has 0 heterocycles. The molecule has 1 aromatic carbocycles. The van der Waals surface area contributed by atoms with Crippen molar-refractivity contribution in [1.82, 2.24) is 0 Å². The number of hydrogen-bond acceptors (Lipinski definition) is 3. The van der Waals surface area contributed by atoms with Crippen molar-refractivity contribution in [2.75, 3.05) is 11.9 Å². The van der Waals surface area contributed by atoms with Crippen molar-refractivity contribution in [3.63, 3.8) is 0 Å². The van der Waals surface area contributed by atoms with E-state index in [0.717, 1.165) is 11.3 Å². The third-order valence-corrected chi connectivity index (χ3v) is 2.20. The van der Waals surface area contributed by atoms with Crippen molar-refractivity contribution < 1.29 is 9.53 Å². The Kier molecular flexibility index (Phi) is 4.58. The van der Waals surface area contributed by atoms with Gasteiger partial charge in [0.05, 0.1) is 6.61 Å². The van der Waals surface area contributed by atoms with Gasteiger partial charge in [0.25, 0.3) is 0 Å². The van der Waals surface area contributed by atoms with Gasteiger partial charge in [-0.3, -0.25) is 0 Å². The third kappa shape index (κ3) is 3.12. The fraction of sp³-hybridized carbons (Fsp3) is 0.308. The zero-order chi connectivity index (χ0) is 12.0. The molecule has 0 unspecified atom stereocenters. The predicted octanol–water partition coefficient (Wildman–Crippen LogP) is 2.87. The van der Waals surface area contributed by atoms with Crippen LogP contribution in [0, 0.1) is 6.92 Å². The Labute approximate surface area is 96.1 Å². The molecule has 0 aromatic heterocycles. The molecule has 86 valence electrons. The molecule has 0 atom stereocenters. The summed E-state index contributed by atoms with van der Waals surface area (Å²) in [6.45, 7) is 5.96. The normalized spacial score (nSPS) is 11.1. The molecular formula is C13H17NO2. The second-order valence-corrected chi connectivity index (χ2v) is 3.36. The van der Waals surface area contributed by atoms with Crippen LogP contribution in [0.5, 0.6) is 0 Å². The van der Waals surface area contributed by atoms with E-state index in [4.69, 9.17) is 4.74 Å². The van der Waals surface area contributed by atoms with Crippen molar-refractivity contribution >= 4 is 11.7 Å². The first-order valence-electron chi connectivity index (χ1n) is 5.35. The summed E-state index contributed by atoms with van der Waals surface area (Å²) in [5.41, 5.74) is 2.48. The van der Waals surface area contributed by atoms with Gasteiger partial charge in [-0.15, -0.1) is 0 Å². The highest BCUT2D eigenvalue weighted by Gasteiger charge is 2.09. The van der Waals surface area contributed by atoms with Crippen LogP contribution >= 0.6 is 0 Å². The number of rotatable bonds is 4. The number of esters is 1. The number of benzene rings is 1. The summed E-state index contributed by atoms with van der Waals surface area (Å²) in [7, 11) is 0. The minimum absolute atomic E-state index is 0.326. The van der Waals surface area contributed by atoms with Crippen molar-refractivity contribution in [3.05, 3.63) is 41.6 Å². The molecule has 0 aliphatic rings. The van der Waals surface area contributed by atoms with E-state index in [-0.39, 0.29) is 5.97 Å². The lowest BCUT2D eigenvalue weighted by atomic mass is 10.2. The van der Waals surface area contributed by atoms with Crippen LogP contribution < -0.4 is 5.32 Å². The van der Waals surface area contributed by atoms with E-state index in [1.807, 2.05) is 31.2 Å². The fourth-order valence-electron chi connectivity index (χ4n) is 1.31. The predicted molar refractivity (Wildman–Crippen MR) is 65.2 cm³/mol. The molecule has 3 heteroatoms. The molecule has 0 aliphatic heterocycles. The largest absolute Gasteiger partial charge is 0.461 e. The quantitative estimate of drug-likeness (QED) is 0.625. The molecule has 0 saturated carbocycles. The Balaban J connectivity index is 2.79. The Morgan fingerprint density at radius 1 is 1.44 bits per heavy atom. The Morgan fingerprint density at radius 3 is 2.69 bits per heavy atom. The number of hydrogen-bond donors (Lipinski definition) is 1. The molecule has 1 rings (SSSR count). The van der Waals surface area contributed by atoms with Gasteiger partial charge >= 0.3 is 5.97 Å². The summed E-state index contributed by atoms with van der Waals surface area (Å²) < 4.78 is 4.94. The molecule has 0 aliphatic carbocycles. The molecule has 0 amide bonds. The van der Waals surface area contributed by atoms with Crippen molar-refractivity contribution in [2.45, 2.75) is 20.8 Å². The van der Waals surface area contributed by atoms with Crippen LogP contribution in [0.3, 0.4) is 0 Å². The molecule has 16 heavy (non-hydrogen) atoms. The molecule has 0 radical (unpaired) electrons. The van der Waals surface area contributed by atoms with Gasteiger partial charge in [-0.25, -0.2) is 4.79 Å². The summed E-state index contributed by atoms with van der Waals surface area (Å²) in [5.74, 6) is -0.326. The van der Waals surface area contributed by atoms with Gasteiger partial charge in [0, 0.05) is 5.69 Å². The van der Waals surface area contributed by atoms with Crippen LogP contribution in [0.2, 0.25) is 0 Å². The van der Waals surface area contributed by atoms with E-state index in [1.165, 1.54) is 0 Å². The van der Waals surface area contributed by atoms with E-state index in [1.54, 1.807) is 19.9 Å². The standard InChI is InChI=1S/C13H17NO2/c1-4-11(13(15)16-5-2)14-12-9-7-6-8-10(12)3/h4,6-9,14H,5H2,1-3H3. The van der Waals surface area contributed by atoms with E-state index in [0.29, 0.717) is 12.3 Å². The molecule has 3 nitrogen and oxygen atoms in total. The third-order valence-electron chi connectivity index (χ3n) is 2.20. The molecule has 0 fully saturated rings. The number of para-hydroxylation sites is 1. The molecule has 0 saturated heterocycles. The van der Waals surface area contributed by atoms with Crippen LogP contribution in [-0.2, 0) is 9.53 Å². The van der Waals surface area contributed by atoms with Crippen LogP contribution in [0.1, 0.15) is 19.4 Å². The lowest BCUT2D eigenvalue weighted by Crippen LogP contribution is -2.14. The first-order valence-corrected chi connectivity index (χ1v) is 5.35. The summed E-state index contributed by atoms with van der Waals surface area (Å²) in [4.78, 5) is 11.5. The maximum absolute atomic E-state index is 11.5. The van der Waals surface area contributed by atoms with Crippen LogP contribution in [0.4, 0.5) is 5.69 Å². The van der Waals surface area contributed by atoms with Gasteiger partial charge in [-0.1, -0.05) is 24.3 Å². The van der Waals surface area contributed by atoms with Gasteiger partial charge in [0.1, 0.15) is 5.70 Å². The zero-order valence-electron chi connectivity index (χ0n) is 9.91. The second kappa shape index (κ2) is 5.95. The zero-order valence-corrected chi connectivity index (χ0v) is 9.91. The van der Waals surface area contributed by atoms with Crippen LogP contribution in [0.15, 0.2) is 36.0 Å².